The summed E-state index contributed by atoms with van der Waals surface area (Å²) in [4.78, 5) is 0.330. The maximum atomic E-state index is 12.4. The molecule has 0 heterocycles. The Balaban J connectivity index is 2.22. The number of hydrogen-bond donors (Lipinski definition) is 1. The number of benzene rings is 1. The van der Waals surface area contributed by atoms with Gasteiger partial charge < -0.3 is 0 Å². The summed E-state index contributed by atoms with van der Waals surface area (Å²) in [7, 11) is -3.44. The standard InChI is InChI=1S/C14H20BrNO2S/c1-10-7-8-14(12(15)9-10)19(17,18)16-13-6-4-3-5-11(13)2/h7-9,11,13,16H,3-6H2,1-2H3. The van der Waals surface area contributed by atoms with E-state index in [2.05, 4.69) is 27.6 Å². The van der Waals surface area contributed by atoms with Crippen molar-refractivity contribution in [3.8, 4) is 0 Å². The molecule has 1 aliphatic carbocycles. The number of nitrogens with one attached hydrogen (secondary N) is 1. The first-order valence-corrected chi connectivity index (χ1v) is 8.96. The summed E-state index contributed by atoms with van der Waals surface area (Å²) >= 11 is 3.34. The summed E-state index contributed by atoms with van der Waals surface area (Å²) in [6.45, 7) is 4.06. The van der Waals surface area contributed by atoms with E-state index in [1.807, 2.05) is 19.1 Å². The fourth-order valence-corrected chi connectivity index (χ4v) is 5.15. The van der Waals surface area contributed by atoms with Gasteiger partial charge in [-0.15, -0.1) is 0 Å². The third-order valence-corrected chi connectivity index (χ3v) is 6.26. The first kappa shape index (κ1) is 15.0. The van der Waals surface area contributed by atoms with Crippen LogP contribution in [-0.2, 0) is 10.0 Å². The molecule has 19 heavy (non-hydrogen) atoms. The van der Waals surface area contributed by atoms with E-state index < -0.39 is 10.0 Å². The van der Waals surface area contributed by atoms with Crippen LogP contribution in [0.3, 0.4) is 0 Å². The largest absolute Gasteiger partial charge is 0.241 e. The van der Waals surface area contributed by atoms with Gasteiger partial charge in [-0.2, -0.15) is 0 Å². The number of hydrogen-bond acceptors (Lipinski definition) is 2. The number of rotatable bonds is 3. The van der Waals surface area contributed by atoms with E-state index in [1.54, 1.807) is 6.07 Å². The highest BCUT2D eigenvalue weighted by Gasteiger charge is 2.27. The molecule has 0 amide bonds. The molecule has 1 N–H and O–H groups in total. The second-order valence-corrected chi connectivity index (χ2v) is 7.96. The van der Waals surface area contributed by atoms with E-state index in [9.17, 15) is 8.42 Å². The monoisotopic (exact) mass is 345 g/mol. The van der Waals surface area contributed by atoms with Crippen molar-refractivity contribution in [1.29, 1.82) is 0 Å². The molecule has 2 atom stereocenters. The SMILES string of the molecule is Cc1ccc(S(=O)(=O)NC2CCCCC2C)c(Br)c1. The van der Waals surface area contributed by atoms with Crippen molar-refractivity contribution in [2.45, 2.75) is 50.5 Å². The molecule has 0 saturated heterocycles. The molecule has 1 aromatic rings. The smallest absolute Gasteiger partial charge is 0.208 e. The molecule has 2 unspecified atom stereocenters. The van der Waals surface area contributed by atoms with E-state index in [1.165, 1.54) is 6.42 Å². The predicted molar refractivity (Wildman–Crippen MR) is 80.6 cm³/mol. The molecule has 0 bridgehead atoms. The van der Waals surface area contributed by atoms with Gasteiger partial charge in [0.2, 0.25) is 10.0 Å². The van der Waals surface area contributed by atoms with Crippen LogP contribution in [0.2, 0.25) is 0 Å². The van der Waals surface area contributed by atoms with Crippen molar-refractivity contribution < 1.29 is 8.42 Å². The third kappa shape index (κ3) is 3.58. The number of aryl methyl sites for hydroxylation is 1. The third-order valence-electron chi connectivity index (χ3n) is 3.79. The van der Waals surface area contributed by atoms with E-state index >= 15 is 0 Å². The van der Waals surface area contributed by atoms with Gasteiger partial charge in [0, 0.05) is 10.5 Å². The number of sulfonamides is 1. The van der Waals surface area contributed by atoms with Gasteiger partial charge in [0.1, 0.15) is 0 Å². The van der Waals surface area contributed by atoms with Crippen LogP contribution in [-0.4, -0.2) is 14.5 Å². The zero-order chi connectivity index (χ0) is 14.0. The van der Waals surface area contributed by atoms with Gasteiger partial charge in [0.05, 0.1) is 4.90 Å². The molecular formula is C14H20BrNO2S. The first-order valence-electron chi connectivity index (χ1n) is 6.68. The van der Waals surface area contributed by atoms with Gasteiger partial charge >= 0.3 is 0 Å². The second-order valence-electron chi connectivity index (χ2n) is 5.42. The molecule has 1 aromatic carbocycles. The Morgan fingerprint density at radius 2 is 1.95 bits per heavy atom. The molecule has 0 radical (unpaired) electrons. The average Bonchev–Trinajstić information content (AvgIpc) is 2.31. The topological polar surface area (TPSA) is 46.2 Å². The summed E-state index contributed by atoms with van der Waals surface area (Å²) in [6.07, 6.45) is 4.34. The fourth-order valence-electron chi connectivity index (χ4n) is 2.58. The van der Waals surface area contributed by atoms with Gasteiger partial charge in [-0.3, -0.25) is 0 Å². The van der Waals surface area contributed by atoms with Crippen LogP contribution in [0.1, 0.15) is 38.2 Å². The van der Waals surface area contributed by atoms with Crippen LogP contribution in [0.15, 0.2) is 27.6 Å². The fraction of sp³-hybridized carbons (Fsp3) is 0.571. The summed E-state index contributed by atoms with van der Waals surface area (Å²) in [5, 5.41) is 0. The molecule has 0 aliphatic heterocycles. The maximum Gasteiger partial charge on any atom is 0.241 e. The van der Waals surface area contributed by atoms with Crippen molar-refractivity contribution >= 4 is 26.0 Å². The quantitative estimate of drug-likeness (QED) is 0.909. The molecule has 2 rings (SSSR count). The van der Waals surface area contributed by atoms with Gasteiger partial charge in [-0.05, 0) is 59.3 Å². The Labute approximate surface area is 124 Å². The molecule has 0 spiro atoms. The average molecular weight is 346 g/mol. The molecule has 1 saturated carbocycles. The number of halogens is 1. The van der Waals surface area contributed by atoms with Crippen LogP contribution < -0.4 is 4.72 Å². The normalized spacial score (nSPS) is 24.4. The molecule has 0 aromatic heterocycles. The van der Waals surface area contributed by atoms with Crippen LogP contribution in [0.25, 0.3) is 0 Å². The molecule has 3 nitrogen and oxygen atoms in total. The van der Waals surface area contributed by atoms with Crippen LogP contribution in [0.5, 0.6) is 0 Å². The predicted octanol–water partition coefficient (Wildman–Crippen LogP) is 3.61. The molecule has 5 heteroatoms. The van der Waals surface area contributed by atoms with E-state index in [0.717, 1.165) is 24.8 Å². The van der Waals surface area contributed by atoms with Gasteiger partial charge in [0.15, 0.2) is 0 Å². The highest BCUT2D eigenvalue weighted by atomic mass is 79.9. The molecule has 1 fully saturated rings. The lowest BCUT2D eigenvalue weighted by molar-refractivity contribution is 0.310. The van der Waals surface area contributed by atoms with Crippen molar-refractivity contribution in [2.75, 3.05) is 0 Å². The Hall–Kier alpha value is -0.390. The lowest BCUT2D eigenvalue weighted by atomic mass is 9.87. The Bertz CT molecular complexity index is 557. The Morgan fingerprint density at radius 3 is 2.58 bits per heavy atom. The lowest BCUT2D eigenvalue weighted by Gasteiger charge is -2.29. The summed E-state index contributed by atoms with van der Waals surface area (Å²) in [5.74, 6) is 0.410. The van der Waals surface area contributed by atoms with E-state index in [0.29, 0.717) is 15.3 Å². The highest BCUT2D eigenvalue weighted by Crippen LogP contribution is 2.27. The zero-order valence-corrected chi connectivity index (χ0v) is 13.7. The summed E-state index contributed by atoms with van der Waals surface area (Å²) in [6, 6.07) is 5.38. The first-order chi connectivity index (χ1) is 8.90. The maximum absolute atomic E-state index is 12.4. The van der Waals surface area contributed by atoms with Crippen LogP contribution in [0, 0.1) is 12.8 Å². The van der Waals surface area contributed by atoms with Crippen molar-refractivity contribution in [2.24, 2.45) is 5.92 Å². The highest BCUT2D eigenvalue weighted by molar-refractivity contribution is 9.10. The van der Waals surface area contributed by atoms with Crippen LogP contribution >= 0.6 is 15.9 Å². The lowest BCUT2D eigenvalue weighted by Crippen LogP contribution is -2.41. The minimum Gasteiger partial charge on any atom is -0.208 e. The summed E-state index contributed by atoms with van der Waals surface area (Å²) < 4.78 is 28.4. The Morgan fingerprint density at radius 1 is 1.26 bits per heavy atom. The van der Waals surface area contributed by atoms with Gasteiger partial charge in [-0.1, -0.05) is 25.8 Å². The second kappa shape index (κ2) is 5.94. The van der Waals surface area contributed by atoms with Crippen molar-refractivity contribution in [3.05, 3.63) is 28.2 Å². The van der Waals surface area contributed by atoms with Crippen molar-refractivity contribution in [1.82, 2.24) is 4.72 Å². The summed E-state index contributed by atoms with van der Waals surface area (Å²) in [5.41, 5.74) is 1.04. The molecular weight excluding hydrogens is 326 g/mol. The van der Waals surface area contributed by atoms with Gasteiger partial charge in [0.25, 0.3) is 0 Å². The van der Waals surface area contributed by atoms with Crippen LogP contribution in [0.4, 0.5) is 0 Å². The minimum atomic E-state index is -3.44. The molecule has 1 aliphatic rings. The van der Waals surface area contributed by atoms with E-state index in [4.69, 9.17) is 0 Å². The van der Waals surface area contributed by atoms with E-state index in [-0.39, 0.29) is 6.04 Å². The minimum absolute atomic E-state index is 0.0620. The molecule has 106 valence electrons. The Kier molecular flexibility index (Phi) is 4.69. The van der Waals surface area contributed by atoms with Crippen molar-refractivity contribution in [3.63, 3.8) is 0 Å². The van der Waals surface area contributed by atoms with Gasteiger partial charge in [-0.25, -0.2) is 13.1 Å². The zero-order valence-electron chi connectivity index (χ0n) is 11.3.